The smallest absolute Gasteiger partial charge is 0.244 e. The Balaban J connectivity index is 1.99. The predicted molar refractivity (Wildman–Crippen MR) is 87.9 cm³/mol. The van der Waals surface area contributed by atoms with Crippen LogP contribution in [0.15, 0.2) is 40.8 Å². The second-order valence-corrected chi connectivity index (χ2v) is 5.52. The zero-order valence-corrected chi connectivity index (χ0v) is 13.6. The molecular weight excluding hydrogens is 300 g/mol. The van der Waals surface area contributed by atoms with Crippen molar-refractivity contribution in [3.05, 3.63) is 46.2 Å². The highest BCUT2D eigenvalue weighted by Gasteiger charge is 2.08. The van der Waals surface area contributed by atoms with Gasteiger partial charge in [0.15, 0.2) is 11.5 Å². The largest absolute Gasteiger partial charge is 0.493 e. The maximum Gasteiger partial charge on any atom is 0.244 e. The lowest BCUT2D eigenvalue weighted by Crippen LogP contribution is -2.21. The van der Waals surface area contributed by atoms with Crippen molar-refractivity contribution in [2.24, 2.45) is 5.10 Å². The first-order valence-corrected chi connectivity index (χ1v) is 7.60. The van der Waals surface area contributed by atoms with Crippen molar-refractivity contribution >= 4 is 23.0 Å². The van der Waals surface area contributed by atoms with Gasteiger partial charge in [-0.25, -0.2) is 5.43 Å². The normalized spacial score (nSPS) is 11.1. The Kier molecular flexibility index (Phi) is 5.55. The molecule has 0 aliphatic heterocycles. The molecule has 5 nitrogen and oxygen atoms in total. The van der Waals surface area contributed by atoms with E-state index in [9.17, 15) is 4.79 Å². The maximum atomic E-state index is 12.0. The van der Waals surface area contributed by atoms with Crippen LogP contribution in [-0.4, -0.2) is 25.8 Å². The number of carbonyl (C=O) groups excluding carboxylic acids is 1. The Morgan fingerprint density at radius 3 is 2.64 bits per heavy atom. The standard InChI is InChI=1S/C16H18N2O3S/c1-11(15-5-4-8-22-15)17-18-16(19)10-12-6-7-13(20-2)14(9-12)21-3/h4-9H,10H2,1-3H3,(H,18,19)/b17-11-. The number of thiophene rings is 1. The van der Waals surface area contributed by atoms with E-state index >= 15 is 0 Å². The molecular formula is C16H18N2O3S. The van der Waals surface area contributed by atoms with E-state index < -0.39 is 0 Å². The van der Waals surface area contributed by atoms with Gasteiger partial charge in [0.05, 0.1) is 26.4 Å². The Labute approximate surface area is 133 Å². The first-order valence-electron chi connectivity index (χ1n) is 6.72. The summed E-state index contributed by atoms with van der Waals surface area (Å²) >= 11 is 1.58. The number of rotatable bonds is 6. The van der Waals surface area contributed by atoms with Gasteiger partial charge in [-0.15, -0.1) is 11.3 Å². The summed E-state index contributed by atoms with van der Waals surface area (Å²) in [7, 11) is 3.14. The van der Waals surface area contributed by atoms with Gasteiger partial charge in [0.2, 0.25) is 5.91 Å². The van der Waals surface area contributed by atoms with E-state index in [0.29, 0.717) is 11.5 Å². The summed E-state index contributed by atoms with van der Waals surface area (Å²) in [5.41, 5.74) is 4.19. The zero-order chi connectivity index (χ0) is 15.9. The van der Waals surface area contributed by atoms with Crippen LogP contribution in [0.5, 0.6) is 11.5 Å². The Morgan fingerprint density at radius 1 is 1.23 bits per heavy atom. The summed E-state index contributed by atoms with van der Waals surface area (Å²) < 4.78 is 10.4. The average molecular weight is 318 g/mol. The van der Waals surface area contributed by atoms with E-state index in [2.05, 4.69) is 10.5 Å². The van der Waals surface area contributed by atoms with Crippen LogP contribution in [0.4, 0.5) is 0 Å². The van der Waals surface area contributed by atoms with Crippen LogP contribution >= 0.6 is 11.3 Å². The fourth-order valence-electron chi connectivity index (χ4n) is 1.90. The molecule has 0 spiro atoms. The molecule has 1 amide bonds. The van der Waals surface area contributed by atoms with Crippen molar-refractivity contribution in [1.82, 2.24) is 5.43 Å². The molecule has 1 N–H and O–H groups in total. The molecule has 1 heterocycles. The number of carbonyl (C=O) groups is 1. The molecule has 0 radical (unpaired) electrons. The number of ether oxygens (including phenoxy) is 2. The Morgan fingerprint density at radius 2 is 2.00 bits per heavy atom. The second-order valence-electron chi connectivity index (χ2n) is 4.58. The molecule has 6 heteroatoms. The molecule has 0 bridgehead atoms. The third-order valence-corrected chi connectivity index (χ3v) is 4.02. The van der Waals surface area contributed by atoms with E-state index in [4.69, 9.17) is 9.47 Å². The zero-order valence-electron chi connectivity index (χ0n) is 12.8. The molecule has 0 saturated carbocycles. The molecule has 116 valence electrons. The minimum atomic E-state index is -0.178. The number of hydrogen-bond acceptors (Lipinski definition) is 5. The monoisotopic (exact) mass is 318 g/mol. The molecule has 2 rings (SSSR count). The molecule has 0 fully saturated rings. The van der Waals surface area contributed by atoms with Gasteiger partial charge in [0.25, 0.3) is 0 Å². The minimum absolute atomic E-state index is 0.178. The van der Waals surface area contributed by atoms with Gasteiger partial charge in [0, 0.05) is 4.88 Å². The summed E-state index contributed by atoms with van der Waals surface area (Å²) in [5.74, 6) is 1.06. The predicted octanol–water partition coefficient (Wildman–Crippen LogP) is 2.85. The molecule has 0 unspecified atom stereocenters. The summed E-state index contributed by atoms with van der Waals surface area (Å²) in [6.45, 7) is 1.86. The van der Waals surface area contributed by atoms with E-state index in [1.807, 2.05) is 30.5 Å². The number of hydrazone groups is 1. The van der Waals surface area contributed by atoms with Crippen LogP contribution in [0.2, 0.25) is 0 Å². The van der Waals surface area contributed by atoms with Crippen molar-refractivity contribution in [1.29, 1.82) is 0 Å². The molecule has 0 atom stereocenters. The Bertz CT molecular complexity index is 666. The lowest BCUT2D eigenvalue weighted by Gasteiger charge is -2.09. The van der Waals surface area contributed by atoms with Crippen LogP contribution in [-0.2, 0) is 11.2 Å². The number of nitrogens with one attached hydrogen (secondary N) is 1. The molecule has 2 aromatic rings. The second kappa shape index (κ2) is 7.61. The van der Waals surface area contributed by atoms with Gasteiger partial charge < -0.3 is 9.47 Å². The quantitative estimate of drug-likeness (QED) is 0.658. The van der Waals surface area contributed by atoms with Crippen molar-refractivity contribution in [3.63, 3.8) is 0 Å². The van der Waals surface area contributed by atoms with Crippen molar-refractivity contribution in [3.8, 4) is 11.5 Å². The van der Waals surface area contributed by atoms with Gasteiger partial charge in [-0.3, -0.25) is 4.79 Å². The topological polar surface area (TPSA) is 59.9 Å². The number of hydrogen-bond donors (Lipinski definition) is 1. The SMILES string of the molecule is COc1ccc(CC(=O)N/N=C(/C)c2cccs2)cc1OC. The third kappa shape index (κ3) is 4.08. The van der Waals surface area contributed by atoms with Crippen LogP contribution in [0.3, 0.4) is 0 Å². The summed E-state index contributed by atoms with van der Waals surface area (Å²) in [4.78, 5) is 13.0. The first kappa shape index (κ1) is 16.0. The molecule has 1 aromatic heterocycles. The van der Waals surface area contributed by atoms with Gasteiger partial charge in [-0.1, -0.05) is 12.1 Å². The van der Waals surface area contributed by atoms with E-state index in [0.717, 1.165) is 16.2 Å². The number of nitrogens with zero attached hydrogens (tertiary/aromatic N) is 1. The molecule has 0 aliphatic rings. The molecule has 1 aromatic carbocycles. The highest BCUT2D eigenvalue weighted by molar-refractivity contribution is 7.12. The fraction of sp³-hybridized carbons (Fsp3) is 0.250. The van der Waals surface area contributed by atoms with Crippen LogP contribution in [0.1, 0.15) is 17.4 Å². The Hall–Kier alpha value is -2.34. The number of benzene rings is 1. The molecule has 22 heavy (non-hydrogen) atoms. The van der Waals surface area contributed by atoms with E-state index in [1.54, 1.807) is 37.7 Å². The highest BCUT2D eigenvalue weighted by atomic mass is 32.1. The first-order chi connectivity index (χ1) is 10.6. The van der Waals surface area contributed by atoms with Gasteiger partial charge >= 0.3 is 0 Å². The molecule has 0 aliphatic carbocycles. The van der Waals surface area contributed by atoms with Crippen LogP contribution in [0.25, 0.3) is 0 Å². The third-order valence-electron chi connectivity index (χ3n) is 3.04. The van der Waals surface area contributed by atoms with Gasteiger partial charge in [-0.05, 0) is 36.1 Å². The van der Waals surface area contributed by atoms with Crippen LogP contribution < -0.4 is 14.9 Å². The van der Waals surface area contributed by atoms with E-state index in [-0.39, 0.29) is 12.3 Å². The van der Waals surface area contributed by atoms with Crippen molar-refractivity contribution < 1.29 is 14.3 Å². The lowest BCUT2D eigenvalue weighted by molar-refractivity contribution is -0.120. The van der Waals surface area contributed by atoms with Crippen LogP contribution in [0, 0.1) is 0 Å². The number of amides is 1. The van der Waals surface area contributed by atoms with Gasteiger partial charge in [-0.2, -0.15) is 5.10 Å². The fourth-order valence-corrected chi connectivity index (χ4v) is 2.58. The van der Waals surface area contributed by atoms with Crippen molar-refractivity contribution in [2.45, 2.75) is 13.3 Å². The maximum absolute atomic E-state index is 12.0. The minimum Gasteiger partial charge on any atom is -0.493 e. The molecule has 0 saturated heterocycles. The number of methoxy groups -OCH3 is 2. The average Bonchev–Trinajstić information content (AvgIpc) is 3.07. The highest BCUT2D eigenvalue weighted by Crippen LogP contribution is 2.27. The van der Waals surface area contributed by atoms with Crippen molar-refractivity contribution in [2.75, 3.05) is 14.2 Å². The van der Waals surface area contributed by atoms with E-state index in [1.165, 1.54) is 0 Å². The summed E-state index contributed by atoms with van der Waals surface area (Å²) in [5, 5.41) is 6.08. The summed E-state index contributed by atoms with van der Waals surface area (Å²) in [6, 6.07) is 9.31. The van der Waals surface area contributed by atoms with Gasteiger partial charge in [0.1, 0.15) is 0 Å². The lowest BCUT2D eigenvalue weighted by atomic mass is 10.1. The summed E-state index contributed by atoms with van der Waals surface area (Å²) in [6.07, 6.45) is 0.224.